The fourth-order valence-corrected chi connectivity index (χ4v) is 6.24. The average Bonchev–Trinajstić information content (AvgIpc) is 2.73. The van der Waals surface area contributed by atoms with Crippen LogP contribution in [0, 0.1) is 17.8 Å². The maximum absolute atomic E-state index is 12.6. The highest BCUT2D eigenvalue weighted by Gasteiger charge is 2.32. The number of hydrogen-bond donors (Lipinski definition) is 0. The van der Waals surface area contributed by atoms with E-state index in [1.54, 1.807) is 0 Å². The Hall–Kier alpha value is -0.440. The van der Waals surface area contributed by atoms with Gasteiger partial charge in [-0.25, -0.2) is 0 Å². The van der Waals surface area contributed by atoms with Crippen molar-refractivity contribution >= 4 is 23.0 Å². The van der Waals surface area contributed by atoms with Gasteiger partial charge in [0.1, 0.15) is 0 Å². The van der Waals surface area contributed by atoms with Gasteiger partial charge in [-0.1, -0.05) is 76.4 Å². The average molecular weight is 406 g/mol. The van der Waals surface area contributed by atoms with Crippen molar-refractivity contribution < 1.29 is 4.79 Å². The van der Waals surface area contributed by atoms with Crippen molar-refractivity contribution in [2.45, 2.75) is 116 Å². The summed E-state index contributed by atoms with van der Waals surface area (Å²) in [5, 5.41) is 0. The molecule has 3 fully saturated rings. The number of unbranched alkanes of at least 4 members (excludes halogenated alkanes) is 2. The van der Waals surface area contributed by atoms with Gasteiger partial charge in [0.25, 0.3) is 0 Å². The minimum atomic E-state index is 0.416. The minimum Gasteiger partial charge on any atom is -0.342 e. The summed E-state index contributed by atoms with van der Waals surface area (Å²) in [4.78, 5) is 16.0. The molecule has 1 amide bonds. The highest BCUT2D eigenvalue weighted by molar-refractivity contribution is 7.80. The largest absolute Gasteiger partial charge is 0.342 e. The van der Waals surface area contributed by atoms with Crippen LogP contribution >= 0.6 is 12.2 Å². The van der Waals surface area contributed by atoms with Crippen LogP contribution in [0.4, 0.5) is 0 Å². The Morgan fingerprint density at radius 2 is 1.43 bits per heavy atom. The van der Waals surface area contributed by atoms with Gasteiger partial charge in [-0.3, -0.25) is 4.79 Å². The second-order valence-electron chi connectivity index (χ2n) is 9.93. The molecule has 0 aromatic heterocycles. The molecular weight excluding hydrogens is 362 g/mol. The van der Waals surface area contributed by atoms with Crippen LogP contribution in [0.15, 0.2) is 0 Å². The predicted octanol–water partition coefficient (Wildman–Crippen LogP) is 7.10. The first-order valence-corrected chi connectivity index (χ1v) is 12.9. The van der Waals surface area contributed by atoms with Gasteiger partial charge in [0.15, 0.2) is 0 Å². The van der Waals surface area contributed by atoms with Crippen molar-refractivity contribution in [2.24, 2.45) is 17.8 Å². The molecule has 2 aliphatic carbocycles. The summed E-state index contributed by atoms with van der Waals surface area (Å²) in [7, 11) is 0. The molecule has 2 atom stereocenters. The lowest BCUT2D eigenvalue weighted by Gasteiger charge is -2.41. The lowest BCUT2D eigenvalue weighted by Crippen LogP contribution is -2.44. The third-order valence-electron chi connectivity index (χ3n) is 7.78. The maximum Gasteiger partial charge on any atom is 0.222 e. The molecule has 3 aliphatic rings. The van der Waals surface area contributed by atoms with E-state index in [2.05, 4.69) is 4.90 Å². The number of piperidine rings is 1. The zero-order valence-corrected chi connectivity index (χ0v) is 19.0. The highest BCUT2D eigenvalue weighted by atomic mass is 32.1. The predicted molar refractivity (Wildman–Crippen MR) is 123 cm³/mol. The Morgan fingerprint density at radius 3 is 2.25 bits per heavy atom. The van der Waals surface area contributed by atoms with Crippen molar-refractivity contribution in [3.05, 3.63) is 0 Å². The van der Waals surface area contributed by atoms with Crippen LogP contribution in [0.1, 0.15) is 116 Å². The zero-order chi connectivity index (χ0) is 19.6. The van der Waals surface area contributed by atoms with Crippen molar-refractivity contribution in [3.63, 3.8) is 0 Å². The van der Waals surface area contributed by atoms with Crippen LogP contribution in [-0.4, -0.2) is 28.8 Å². The van der Waals surface area contributed by atoms with Crippen LogP contribution in [0.2, 0.25) is 0 Å². The van der Waals surface area contributed by atoms with E-state index in [0.717, 1.165) is 62.9 Å². The molecular formula is C25H43NOS. The van der Waals surface area contributed by atoms with E-state index in [1.807, 2.05) is 0 Å². The number of rotatable bonds is 10. The van der Waals surface area contributed by atoms with Crippen molar-refractivity contribution in [3.8, 4) is 0 Å². The molecule has 0 radical (unpaired) electrons. The van der Waals surface area contributed by atoms with E-state index < -0.39 is 0 Å². The van der Waals surface area contributed by atoms with Gasteiger partial charge in [-0.2, -0.15) is 0 Å². The Labute approximate surface area is 179 Å². The van der Waals surface area contributed by atoms with Crippen molar-refractivity contribution in [2.75, 3.05) is 13.1 Å². The van der Waals surface area contributed by atoms with Gasteiger partial charge in [-0.05, 0) is 67.6 Å². The van der Waals surface area contributed by atoms with E-state index in [4.69, 9.17) is 12.2 Å². The Morgan fingerprint density at radius 1 is 0.750 bits per heavy atom. The molecule has 160 valence electrons. The second-order valence-corrected chi connectivity index (χ2v) is 10.5. The monoisotopic (exact) mass is 405 g/mol. The number of fused-ring (bicyclic) bond motifs is 1. The molecule has 2 saturated carbocycles. The topological polar surface area (TPSA) is 20.3 Å². The fraction of sp³-hybridized carbons (Fsp3) is 0.920. The highest BCUT2D eigenvalue weighted by Crippen LogP contribution is 2.36. The smallest absolute Gasteiger partial charge is 0.222 e. The molecule has 0 bridgehead atoms. The second kappa shape index (κ2) is 12.3. The molecule has 1 heterocycles. The van der Waals surface area contributed by atoms with Gasteiger partial charge in [0.2, 0.25) is 5.91 Å². The van der Waals surface area contributed by atoms with Crippen LogP contribution in [-0.2, 0) is 4.79 Å². The lowest BCUT2D eigenvalue weighted by molar-refractivity contribution is -0.134. The fourth-order valence-electron chi connectivity index (χ4n) is 5.95. The number of thiocarbonyl (C=S) groups is 1. The molecule has 2 unspecified atom stereocenters. The van der Waals surface area contributed by atoms with Gasteiger partial charge >= 0.3 is 0 Å². The first-order chi connectivity index (χ1) is 13.7. The number of carbonyl (C=O) groups excluding carboxylic acids is 1. The summed E-state index contributed by atoms with van der Waals surface area (Å²) in [6.45, 7) is 2.07. The number of nitrogens with zero attached hydrogens (tertiary/aromatic N) is 1. The SMILES string of the molecule is O=C(CCCCCC(=S)CCCC1CCCCC1)N1CCC2CCCCC2C1. The molecule has 0 spiro atoms. The van der Waals surface area contributed by atoms with Crippen LogP contribution in [0.3, 0.4) is 0 Å². The van der Waals surface area contributed by atoms with Gasteiger partial charge in [0.05, 0.1) is 0 Å². The van der Waals surface area contributed by atoms with E-state index >= 15 is 0 Å². The Balaban J connectivity index is 1.19. The van der Waals surface area contributed by atoms with Gasteiger partial charge in [-0.15, -0.1) is 0 Å². The van der Waals surface area contributed by atoms with Gasteiger partial charge in [0, 0.05) is 19.5 Å². The molecule has 3 heteroatoms. The molecule has 0 aromatic rings. The molecule has 2 nitrogen and oxygen atoms in total. The Bertz CT molecular complexity index is 485. The minimum absolute atomic E-state index is 0.416. The maximum atomic E-state index is 12.6. The van der Waals surface area contributed by atoms with Crippen LogP contribution in [0.5, 0.6) is 0 Å². The van der Waals surface area contributed by atoms with Crippen molar-refractivity contribution in [1.82, 2.24) is 4.90 Å². The zero-order valence-electron chi connectivity index (χ0n) is 18.1. The summed E-state index contributed by atoms with van der Waals surface area (Å²) in [6.07, 6.45) is 23.2. The number of amides is 1. The normalized spacial score (nSPS) is 26.1. The van der Waals surface area contributed by atoms with E-state index in [1.165, 1.54) is 88.3 Å². The third kappa shape index (κ3) is 7.43. The summed E-state index contributed by atoms with van der Waals surface area (Å²) >= 11 is 5.60. The first-order valence-electron chi connectivity index (χ1n) is 12.5. The molecule has 3 rings (SSSR count). The number of hydrogen-bond acceptors (Lipinski definition) is 2. The number of likely N-dealkylation sites (tertiary alicyclic amines) is 1. The molecule has 1 saturated heterocycles. The molecule has 0 aromatic carbocycles. The Kier molecular flexibility index (Phi) is 9.77. The third-order valence-corrected chi connectivity index (χ3v) is 8.19. The summed E-state index contributed by atoms with van der Waals surface area (Å²) < 4.78 is 0. The quantitative estimate of drug-likeness (QED) is 0.285. The summed E-state index contributed by atoms with van der Waals surface area (Å²) in [5.41, 5.74) is 0. The molecule has 0 N–H and O–H groups in total. The van der Waals surface area contributed by atoms with Gasteiger partial charge < -0.3 is 4.90 Å². The summed E-state index contributed by atoms with van der Waals surface area (Å²) in [6, 6.07) is 0. The molecule has 1 aliphatic heterocycles. The first kappa shape index (κ1) is 22.2. The van der Waals surface area contributed by atoms with Crippen molar-refractivity contribution in [1.29, 1.82) is 0 Å². The summed E-state index contributed by atoms with van der Waals surface area (Å²) in [5.74, 6) is 3.12. The van der Waals surface area contributed by atoms with Crippen LogP contribution in [0.25, 0.3) is 0 Å². The van der Waals surface area contributed by atoms with E-state index in [0.29, 0.717) is 5.91 Å². The molecule has 28 heavy (non-hydrogen) atoms. The van der Waals surface area contributed by atoms with Crippen LogP contribution < -0.4 is 0 Å². The standard InChI is InChI=1S/C25H43NOS/c27-25(26-19-18-22-13-7-8-14-23(22)20-26)17-6-2-5-15-24(28)16-9-12-21-10-3-1-4-11-21/h21-23H,1-20H2. The van der Waals surface area contributed by atoms with E-state index in [-0.39, 0.29) is 0 Å². The van der Waals surface area contributed by atoms with E-state index in [9.17, 15) is 4.79 Å². The number of carbonyl (C=O) groups is 1. The lowest BCUT2D eigenvalue weighted by atomic mass is 9.75.